The zero-order chi connectivity index (χ0) is 22.5. The first-order valence-corrected chi connectivity index (χ1v) is 10.3. The molecule has 0 aliphatic carbocycles. The van der Waals surface area contributed by atoms with Crippen LogP contribution in [0.3, 0.4) is 0 Å². The van der Waals surface area contributed by atoms with Crippen LogP contribution in [0.1, 0.15) is 28.7 Å². The number of thioether (sulfide) groups is 1. The zero-order valence-electron chi connectivity index (χ0n) is 16.8. The molecule has 0 radical (unpaired) electrons. The molecule has 3 N–H and O–H groups in total. The molecule has 2 heterocycles. The molecule has 0 aliphatic heterocycles. The molecule has 0 bridgehead atoms. The number of nitrogens with two attached hydrogens (primary N) is 1. The maximum atomic E-state index is 13.1. The van der Waals surface area contributed by atoms with Crippen LogP contribution < -0.4 is 11.2 Å². The highest BCUT2D eigenvalue weighted by Gasteiger charge is 2.24. The van der Waals surface area contributed by atoms with E-state index in [1.54, 1.807) is 19.1 Å². The summed E-state index contributed by atoms with van der Waals surface area (Å²) in [5.41, 5.74) is 9.90. The van der Waals surface area contributed by atoms with Crippen molar-refractivity contribution < 1.29 is 13.8 Å². The van der Waals surface area contributed by atoms with Crippen LogP contribution in [-0.4, -0.2) is 36.9 Å². The topological polar surface area (TPSA) is 137 Å². The van der Waals surface area contributed by atoms with Crippen molar-refractivity contribution in [3.05, 3.63) is 77.4 Å². The van der Waals surface area contributed by atoms with Crippen molar-refractivity contribution in [2.75, 3.05) is 5.73 Å². The van der Waals surface area contributed by atoms with Crippen molar-refractivity contribution in [3.8, 4) is 5.82 Å². The van der Waals surface area contributed by atoms with Crippen LogP contribution in [0.4, 0.5) is 10.2 Å². The van der Waals surface area contributed by atoms with E-state index in [4.69, 9.17) is 5.73 Å². The average molecular weight is 452 g/mol. The molecule has 0 unspecified atom stereocenters. The van der Waals surface area contributed by atoms with Crippen molar-refractivity contribution >= 4 is 29.2 Å². The highest BCUT2D eigenvalue weighted by atomic mass is 32.2. The fourth-order valence-corrected chi connectivity index (χ4v) is 3.64. The molecule has 2 aromatic heterocycles. The average Bonchev–Trinajstić information content (AvgIpc) is 3.42. The largest absolute Gasteiger partial charge is 0.378 e. The van der Waals surface area contributed by atoms with Crippen LogP contribution >= 0.6 is 11.8 Å². The molecule has 32 heavy (non-hydrogen) atoms. The van der Waals surface area contributed by atoms with Crippen LogP contribution in [0.15, 0.2) is 69.2 Å². The number of hydrogen-bond acceptors (Lipinski definition) is 9. The maximum Gasteiger partial charge on any atom is 0.293 e. The van der Waals surface area contributed by atoms with Crippen LogP contribution in [0.25, 0.3) is 5.82 Å². The molecule has 0 saturated carbocycles. The zero-order valence-corrected chi connectivity index (χ0v) is 17.6. The molecule has 2 aromatic carbocycles. The molecular formula is C20H17FN8O2S. The van der Waals surface area contributed by atoms with Gasteiger partial charge in [-0.15, -0.1) is 16.9 Å². The van der Waals surface area contributed by atoms with Gasteiger partial charge in [-0.25, -0.2) is 14.4 Å². The summed E-state index contributed by atoms with van der Waals surface area (Å²) in [5.74, 6) is -0.447. The molecule has 4 rings (SSSR count). The molecule has 4 aromatic rings. The Kier molecular flexibility index (Phi) is 6.22. The number of nitrogens with one attached hydrogen (secondary N) is 1. The Morgan fingerprint density at radius 2 is 1.94 bits per heavy atom. The molecule has 0 aliphatic rings. The summed E-state index contributed by atoms with van der Waals surface area (Å²) in [6, 6.07) is 15.4. The van der Waals surface area contributed by atoms with Gasteiger partial charge in [0, 0.05) is 10.6 Å². The number of hydrazone groups is 1. The summed E-state index contributed by atoms with van der Waals surface area (Å²) in [5, 5.41) is 19.4. The number of amides is 1. The van der Waals surface area contributed by atoms with E-state index in [-0.39, 0.29) is 23.1 Å². The van der Waals surface area contributed by atoms with E-state index in [0.29, 0.717) is 22.7 Å². The van der Waals surface area contributed by atoms with Gasteiger partial charge in [0.05, 0.1) is 11.4 Å². The SMILES string of the molecule is CC(=NNC(=O)c1nnn(-c2nonc2N)c1CSc1ccccc1)c1ccc(F)cc1. The van der Waals surface area contributed by atoms with E-state index >= 15 is 0 Å². The first kappa shape index (κ1) is 21.2. The van der Waals surface area contributed by atoms with Crippen molar-refractivity contribution in [1.82, 2.24) is 30.7 Å². The Morgan fingerprint density at radius 1 is 1.19 bits per heavy atom. The molecule has 1 amide bonds. The van der Waals surface area contributed by atoms with E-state index in [2.05, 4.69) is 35.8 Å². The quantitative estimate of drug-likeness (QED) is 0.248. The first-order chi connectivity index (χ1) is 15.5. The smallest absolute Gasteiger partial charge is 0.293 e. The fourth-order valence-electron chi connectivity index (χ4n) is 2.73. The minimum Gasteiger partial charge on any atom is -0.378 e. The first-order valence-electron chi connectivity index (χ1n) is 9.34. The predicted molar refractivity (Wildman–Crippen MR) is 116 cm³/mol. The summed E-state index contributed by atoms with van der Waals surface area (Å²) < 4.78 is 19.1. The summed E-state index contributed by atoms with van der Waals surface area (Å²) >= 11 is 1.48. The second-order valence-electron chi connectivity index (χ2n) is 6.52. The van der Waals surface area contributed by atoms with E-state index < -0.39 is 5.91 Å². The molecule has 10 nitrogen and oxygen atoms in total. The van der Waals surface area contributed by atoms with Crippen LogP contribution in [0, 0.1) is 5.82 Å². The highest BCUT2D eigenvalue weighted by molar-refractivity contribution is 7.98. The number of carbonyl (C=O) groups is 1. The van der Waals surface area contributed by atoms with Crippen LogP contribution in [-0.2, 0) is 5.75 Å². The van der Waals surface area contributed by atoms with Gasteiger partial charge in [-0.05, 0) is 47.1 Å². The van der Waals surface area contributed by atoms with Crippen molar-refractivity contribution in [2.45, 2.75) is 17.6 Å². The van der Waals surface area contributed by atoms with Gasteiger partial charge < -0.3 is 5.73 Å². The third kappa shape index (κ3) is 4.64. The molecule has 12 heteroatoms. The number of nitrogens with zero attached hydrogens (tertiary/aromatic N) is 6. The van der Waals surface area contributed by atoms with Crippen LogP contribution in [0.5, 0.6) is 0 Å². The second-order valence-corrected chi connectivity index (χ2v) is 7.57. The lowest BCUT2D eigenvalue weighted by molar-refractivity contribution is 0.0949. The second kappa shape index (κ2) is 9.39. The van der Waals surface area contributed by atoms with Gasteiger partial charge in [-0.3, -0.25) is 4.79 Å². The van der Waals surface area contributed by atoms with E-state index in [9.17, 15) is 9.18 Å². The van der Waals surface area contributed by atoms with E-state index in [0.717, 1.165) is 4.90 Å². The normalized spacial score (nSPS) is 11.5. The number of carbonyl (C=O) groups excluding carboxylic acids is 1. The van der Waals surface area contributed by atoms with Gasteiger partial charge in [0.25, 0.3) is 5.91 Å². The molecular weight excluding hydrogens is 435 g/mol. The van der Waals surface area contributed by atoms with Gasteiger partial charge in [-0.2, -0.15) is 9.78 Å². The molecule has 0 spiro atoms. The van der Waals surface area contributed by atoms with E-state index in [1.807, 2.05) is 30.3 Å². The van der Waals surface area contributed by atoms with Gasteiger partial charge in [0.15, 0.2) is 5.69 Å². The Hall–Kier alpha value is -4.06. The third-order valence-electron chi connectivity index (χ3n) is 4.38. The van der Waals surface area contributed by atoms with Crippen LogP contribution in [0.2, 0.25) is 0 Å². The lowest BCUT2D eigenvalue weighted by Gasteiger charge is -2.06. The highest BCUT2D eigenvalue weighted by Crippen LogP contribution is 2.25. The number of benzene rings is 2. The molecule has 0 atom stereocenters. The standard InChI is InChI=1S/C20H17FN8O2S/c1-12(13-7-9-14(21)10-8-13)23-25-20(30)17-16(11-32-15-5-3-2-4-6-15)29(28-24-17)19-18(22)26-31-27-19/h2-10H,11H2,1H3,(H2,22,26)(H,25,30). The number of anilines is 1. The number of halogens is 1. The Balaban J connectivity index is 1.60. The molecule has 0 saturated heterocycles. The van der Waals surface area contributed by atoms with Crippen molar-refractivity contribution in [2.24, 2.45) is 5.10 Å². The summed E-state index contributed by atoms with van der Waals surface area (Å²) in [6.45, 7) is 1.69. The van der Waals surface area contributed by atoms with Crippen molar-refractivity contribution in [1.29, 1.82) is 0 Å². The molecule has 0 fully saturated rings. The Morgan fingerprint density at radius 3 is 2.62 bits per heavy atom. The lowest BCUT2D eigenvalue weighted by Crippen LogP contribution is -2.21. The van der Waals surface area contributed by atoms with Gasteiger partial charge >= 0.3 is 0 Å². The number of hydrogen-bond donors (Lipinski definition) is 2. The summed E-state index contributed by atoms with van der Waals surface area (Å²) in [7, 11) is 0. The predicted octanol–water partition coefficient (Wildman–Crippen LogP) is 2.82. The number of rotatable bonds is 7. The number of nitrogen functional groups attached to an aromatic ring is 1. The Bertz CT molecular complexity index is 1250. The summed E-state index contributed by atoms with van der Waals surface area (Å²) in [6.07, 6.45) is 0. The van der Waals surface area contributed by atoms with Crippen molar-refractivity contribution in [3.63, 3.8) is 0 Å². The van der Waals surface area contributed by atoms with E-state index in [1.165, 1.54) is 28.6 Å². The third-order valence-corrected chi connectivity index (χ3v) is 5.40. The minimum absolute atomic E-state index is 0.0120. The van der Waals surface area contributed by atoms with Gasteiger partial charge in [-0.1, -0.05) is 35.5 Å². The maximum absolute atomic E-state index is 13.1. The Labute approximate surface area is 185 Å². The fraction of sp³-hybridized carbons (Fsp3) is 0.100. The monoisotopic (exact) mass is 452 g/mol. The van der Waals surface area contributed by atoms with Gasteiger partial charge in [0.2, 0.25) is 11.6 Å². The van der Waals surface area contributed by atoms with Gasteiger partial charge in [0.1, 0.15) is 5.82 Å². The molecule has 162 valence electrons. The lowest BCUT2D eigenvalue weighted by atomic mass is 10.1. The number of aromatic nitrogens is 5. The summed E-state index contributed by atoms with van der Waals surface area (Å²) in [4.78, 5) is 13.8. The minimum atomic E-state index is -0.573.